The molecule has 0 saturated carbocycles. The Morgan fingerprint density at radius 2 is 1.74 bits per heavy atom. The summed E-state index contributed by atoms with van der Waals surface area (Å²) in [6, 6.07) is 9.08. The lowest BCUT2D eigenvalue weighted by molar-refractivity contribution is 0.586. The summed E-state index contributed by atoms with van der Waals surface area (Å²) in [5.41, 5.74) is 0.791. The Bertz CT molecular complexity index is 668. The SMILES string of the molecule is Clc1ccc(-c2nnc(Nc3ncccn3)o2)cc1. The third-order valence-corrected chi connectivity index (χ3v) is 2.55. The van der Waals surface area contributed by atoms with Crippen molar-refractivity contribution in [1.82, 2.24) is 20.2 Å². The maximum atomic E-state index is 5.82. The molecule has 2 heterocycles. The topological polar surface area (TPSA) is 76.7 Å². The predicted molar refractivity (Wildman–Crippen MR) is 70.1 cm³/mol. The van der Waals surface area contributed by atoms with Crippen LogP contribution in [0.5, 0.6) is 0 Å². The lowest BCUT2D eigenvalue weighted by atomic mass is 10.2. The quantitative estimate of drug-likeness (QED) is 0.791. The molecule has 1 aromatic carbocycles. The van der Waals surface area contributed by atoms with Gasteiger partial charge in [-0.1, -0.05) is 16.7 Å². The minimum absolute atomic E-state index is 0.233. The molecular formula is C12H8ClN5O. The normalized spacial score (nSPS) is 10.4. The minimum atomic E-state index is 0.233. The molecular weight excluding hydrogens is 266 g/mol. The average molecular weight is 274 g/mol. The molecule has 3 aromatic rings. The average Bonchev–Trinajstić information content (AvgIpc) is 2.89. The fourth-order valence-corrected chi connectivity index (χ4v) is 1.57. The highest BCUT2D eigenvalue weighted by atomic mass is 35.5. The second-order valence-corrected chi connectivity index (χ2v) is 4.05. The van der Waals surface area contributed by atoms with Crippen molar-refractivity contribution in [3.05, 3.63) is 47.7 Å². The van der Waals surface area contributed by atoms with Crippen LogP contribution in [0, 0.1) is 0 Å². The van der Waals surface area contributed by atoms with Crippen LogP contribution in [-0.4, -0.2) is 20.2 Å². The summed E-state index contributed by atoms with van der Waals surface area (Å²) in [6.45, 7) is 0. The Kier molecular flexibility index (Phi) is 3.07. The summed E-state index contributed by atoms with van der Waals surface area (Å²) in [6.07, 6.45) is 3.23. The molecule has 0 atom stereocenters. The molecule has 0 unspecified atom stereocenters. The summed E-state index contributed by atoms with van der Waals surface area (Å²) in [5, 5.41) is 11.3. The van der Waals surface area contributed by atoms with E-state index in [2.05, 4.69) is 25.5 Å². The zero-order valence-corrected chi connectivity index (χ0v) is 10.4. The smallest absolute Gasteiger partial charge is 0.322 e. The largest absolute Gasteiger partial charge is 0.403 e. The third kappa shape index (κ3) is 2.69. The van der Waals surface area contributed by atoms with Gasteiger partial charge in [0, 0.05) is 23.0 Å². The third-order valence-electron chi connectivity index (χ3n) is 2.30. The predicted octanol–water partition coefficient (Wildman–Crippen LogP) is 2.92. The maximum Gasteiger partial charge on any atom is 0.322 e. The molecule has 0 bridgehead atoms. The van der Waals surface area contributed by atoms with Gasteiger partial charge in [0.2, 0.25) is 11.8 Å². The van der Waals surface area contributed by atoms with E-state index in [9.17, 15) is 0 Å². The van der Waals surface area contributed by atoms with Crippen molar-refractivity contribution in [3.63, 3.8) is 0 Å². The molecule has 94 valence electrons. The van der Waals surface area contributed by atoms with Gasteiger partial charge < -0.3 is 4.42 Å². The van der Waals surface area contributed by atoms with Crippen LogP contribution in [0.2, 0.25) is 5.02 Å². The molecule has 19 heavy (non-hydrogen) atoms. The van der Waals surface area contributed by atoms with Crippen molar-refractivity contribution >= 4 is 23.6 Å². The molecule has 1 N–H and O–H groups in total. The molecule has 0 spiro atoms. The van der Waals surface area contributed by atoms with Crippen LogP contribution in [0.15, 0.2) is 47.1 Å². The zero-order chi connectivity index (χ0) is 13.1. The molecule has 0 radical (unpaired) electrons. The summed E-state index contributed by atoms with van der Waals surface area (Å²) >= 11 is 5.82. The van der Waals surface area contributed by atoms with Crippen molar-refractivity contribution in [2.24, 2.45) is 0 Å². The van der Waals surface area contributed by atoms with Crippen LogP contribution < -0.4 is 5.32 Å². The van der Waals surface area contributed by atoms with Gasteiger partial charge in [0.05, 0.1) is 0 Å². The molecule has 0 aliphatic rings. The molecule has 6 nitrogen and oxygen atoms in total. The number of rotatable bonds is 3. The number of anilines is 2. The van der Waals surface area contributed by atoms with E-state index in [0.29, 0.717) is 16.9 Å². The molecule has 0 fully saturated rings. The van der Waals surface area contributed by atoms with Crippen molar-refractivity contribution in [1.29, 1.82) is 0 Å². The standard InChI is InChI=1S/C12H8ClN5O/c13-9-4-2-8(3-5-9)10-17-18-12(19-10)16-11-14-6-1-7-15-11/h1-7H,(H,14,15,16,18). The lowest BCUT2D eigenvalue weighted by Gasteiger charge is -1.97. The molecule has 7 heteroatoms. The van der Waals surface area contributed by atoms with E-state index >= 15 is 0 Å². The molecule has 0 amide bonds. The molecule has 3 rings (SSSR count). The fourth-order valence-electron chi connectivity index (χ4n) is 1.44. The van der Waals surface area contributed by atoms with Gasteiger partial charge in [-0.15, -0.1) is 5.10 Å². The van der Waals surface area contributed by atoms with E-state index in [1.807, 2.05) is 0 Å². The second kappa shape index (κ2) is 5.03. The fraction of sp³-hybridized carbons (Fsp3) is 0. The van der Waals surface area contributed by atoms with E-state index in [4.69, 9.17) is 16.0 Å². The lowest BCUT2D eigenvalue weighted by Crippen LogP contribution is -1.95. The van der Waals surface area contributed by atoms with Crippen LogP contribution in [0.3, 0.4) is 0 Å². The van der Waals surface area contributed by atoms with Gasteiger partial charge >= 0.3 is 6.01 Å². The second-order valence-electron chi connectivity index (χ2n) is 3.62. The monoisotopic (exact) mass is 273 g/mol. The van der Waals surface area contributed by atoms with Crippen LogP contribution >= 0.6 is 11.6 Å². The van der Waals surface area contributed by atoms with E-state index in [0.717, 1.165) is 5.56 Å². The van der Waals surface area contributed by atoms with Gasteiger partial charge in [-0.25, -0.2) is 9.97 Å². The van der Waals surface area contributed by atoms with Gasteiger partial charge in [-0.3, -0.25) is 5.32 Å². The number of nitrogens with zero attached hydrogens (tertiary/aromatic N) is 4. The minimum Gasteiger partial charge on any atom is -0.403 e. The molecule has 0 aliphatic carbocycles. The Morgan fingerprint density at radius 1 is 1.00 bits per heavy atom. The summed E-state index contributed by atoms with van der Waals surface area (Å²) in [7, 11) is 0. The Morgan fingerprint density at radius 3 is 2.47 bits per heavy atom. The number of nitrogens with one attached hydrogen (secondary N) is 1. The summed E-state index contributed by atoms with van der Waals surface area (Å²) < 4.78 is 5.46. The highest BCUT2D eigenvalue weighted by Gasteiger charge is 2.09. The van der Waals surface area contributed by atoms with Gasteiger partial charge in [0.25, 0.3) is 0 Å². The highest BCUT2D eigenvalue weighted by molar-refractivity contribution is 6.30. The summed E-state index contributed by atoms with van der Waals surface area (Å²) in [4.78, 5) is 8.00. The van der Waals surface area contributed by atoms with E-state index in [1.54, 1.807) is 42.7 Å². The van der Waals surface area contributed by atoms with Crippen LogP contribution in [0.4, 0.5) is 12.0 Å². The van der Waals surface area contributed by atoms with Crippen molar-refractivity contribution in [2.45, 2.75) is 0 Å². The van der Waals surface area contributed by atoms with Gasteiger partial charge in [0.1, 0.15) is 0 Å². The first kappa shape index (κ1) is 11.6. The number of benzene rings is 1. The first-order valence-electron chi connectivity index (χ1n) is 5.45. The van der Waals surface area contributed by atoms with Gasteiger partial charge in [-0.2, -0.15) is 0 Å². The van der Waals surface area contributed by atoms with Gasteiger partial charge in [-0.05, 0) is 30.3 Å². The number of aromatic nitrogens is 4. The van der Waals surface area contributed by atoms with E-state index < -0.39 is 0 Å². The highest BCUT2D eigenvalue weighted by Crippen LogP contribution is 2.22. The Hall–Kier alpha value is -2.47. The van der Waals surface area contributed by atoms with E-state index in [-0.39, 0.29) is 6.01 Å². The van der Waals surface area contributed by atoms with Crippen molar-refractivity contribution in [2.75, 3.05) is 5.32 Å². The Labute approximate surface area is 113 Å². The maximum absolute atomic E-state index is 5.82. The Balaban J connectivity index is 1.82. The first-order chi connectivity index (χ1) is 9.31. The van der Waals surface area contributed by atoms with Crippen LogP contribution in [-0.2, 0) is 0 Å². The van der Waals surface area contributed by atoms with E-state index in [1.165, 1.54) is 0 Å². The summed E-state index contributed by atoms with van der Waals surface area (Å²) in [5.74, 6) is 0.795. The van der Waals surface area contributed by atoms with Crippen LogP contribution in [0.1, 0.15) is 0 Å². The molecule has 0 aliphatic heterocycles. The zero-order valence-electron chi connectivity index (χ0n) is 9.62. The first-order valence-corrected chi connectivity index (χ1v) is 5.82. The number of hydrogen-bond acceptors (Lipinski definition) is 6. The van der Waals surface area contributed by atoms with Crippen LogP contribution in [0.25, 0.3) is 11.5 Å². The number of hydrogen-bond donors (Lipinski definition) is 1. The van der Waals surface area contributed by atoms with Crippen molar-refractivity contribution < 1.29 is 4.42 Å². The molecule has 2 aromatic heterocycles. The number of halogens is 1. The van der Waals surface area contributed by atoms with Crippen molar-refractivity contribution in [3.8, 4) is 11.5 Å². The molecule has 0 saturated heterocycles. The van der Waals surface area contributed by atoms with Gasteiger partial charge in [0.15, 0.2) is 0 Å².